The van der Waals surface area contributed by atoms with Crippen molar-refractivity contribution in [3.8, 4) is 0 Å². The van der Waals surface area contributed by atoms with E-state index in [4.69, 9.17) is 5.11 Å². The Hall–Kier alpha value is -1.10. The molecule has 13 heavy (non-hydrogen) atoms. The fraction of sp³-hybridized carbons (Fsp3) is 0.750. The molecule has 5 nitrogen and oxygen atoms in total. The van der Waals surface area contributed by atoms with Gasteiger partial charge in [-0.2, -0.15) is 0 Å². The molecule has 0 saturated carbocycles. The highest BCUT2D eigenvalue weighted by atomic mass is 16.4. The summed E-state index contributed by atoms with van der Waals surface area (Å²) in [6.45, 7) is 2.22. The number of aliphatic carboxylic acids is 1. The van der Waals surface area contributed by atoms with E-state index in [2.05, 4.69) is 0 Å². The summed E-state index contributed by atoms with van der Waals surface area (Å²) >= 11 is 0. The third kappa shape index (κ3) is 5.19. The number of rotatable bonds is 5. The maximum absolute atomic E-state index is 11.3. The number of carboxylic acids is 1. The Bertz CT molecular complexity index is 192. The van der Waals surface area contributed by atoms with E-state index < -0.39 is 5.97 Å². The lowest BCUT2D eigenvalue weighted by Crippen LogP contribution is -2.40. The molecule has 0 atom stereocenters. The van der Waals surface area contributed by atoms with Crippen LogP contribution < -0.4 is 0 Å². The zero-order valence-corrected chi connectivity index (χ0v) is 8.28. The Balaban J connectivity index is 4.07. The fourth-order valence-corrected chi connectivity index (χ4v) is 0.910. The third-order valence-electron chi connectivity index (χ3n) is 1.51. The molecule has 0 aliphatic rings. The number of carbonyl (C=O) groups excluding carboxylic acids is 1. The maximum Gasteiger partial charge on any atom is 0.323 e. The Morgan fingerprint density at radius 2 is 1.77 bits per heavy atom. The summed E-state index contributed by atoms with van der Waals surface area (Å²) in [4.78, 5) is 24.7. The van der Waals surface area contributed by atoms with Gasteiger partial charge in [-0.05, 0) is 21.0 Å². The number of nitrogens with zero attached hydrogens (tertiary/aromatic N) is 2. The normalized spacial score (nSPS) is 10.2. The van der Waals surface area contributed by atoms with Gasteiger partial charge < -0.3 is 14.9 Å². The van der Waals surface area contributed by atoms with Crippen LogP contribution in [0, 0.1) is 0 Å². The molecule has 1 amide bonds. The molecule has 0 aromatic carbocycles. The first-order chi connectivity index (χ1) is 5.97. The van der Waals surface area contributed by atoms with Crippen LogP contribution in [-0.2, 0) is 9.59 Å². The van der Waals surface area contributed by atoms with Gasteiger partial charge in [0.2, 0.25) is 5.91 Å². The topological polar surface area (TPSA) is 60.9 Å². The molecular weight excluding hydrogens is 172 g/mol. The molecule has 0 aliphatic heterocycles. The molecular formula is C8H16N2O3. The molecule has 5 heteroatoms. The predicted molar refractivity (Wildman–Crippen MR) is 48.4 cm³/mol. The quantitative estimate of drug-likeness (QED) is 0.630. The van der Waals surface area contributed by atoms with Crippen molar-refractivity contribution >= 4 is 11.9 Å². The first-order valence-electron chi connectivity index (χ1n) is 4.11. The van der Waals surface area contributed by atoms with Gasteiger partial charge >= 0.3 is 5.97 Å². The van der Waals surface area contributed by atoms with Gasteiger partial charge in [0.1, 0.15) is 6.54 Å². The first kappa shape index (κ1) is 11.9. The van der Waals surface area contributed by atoms with Crippen LogP contribution in [0.4, 0.5) is 0 Å². The van der Waals surface area contributed by atoms with E-state index in [-0.39, 0.29) is 19.0 Å². The number of carboxylic acid groups (broad SMARTS) is 1. The summed E-state index contributed by atoms with van der Waals surface area (Å²) in [7, 11) is 3.54. The second-order valence-corrected chi connectivity index (χ2v) is 3.04. The van der Waals surface area contributed by atoms with E-state index >= 15 is 0 Å². The van der Waals surface area contributed by atoms with E-state index in [1.807, 2.05) is 0 Å². The van der Waals surface area contributed by atoms with Crippen LogP contribution in [0.25, 0.3) is 0 Å². The molecule has 76 valence electrons. The molecule has 0 aromatic heterocycles. The van der Waals surface area contributed by atoms with Gasteiger partial charge in [-0.1, -0.05) is 0 Å². The van der Waals surface area contributed by atoms with E-state index in [9.17, 15) is 9.59 Å². The molecule has 0 aromatic rings. The van der Waals surface area contributed by atoms with Crippen molar-refractivity contribution in [1.29, 1.82) is 0 Å². The average molecular weight is 188 g/mol. The minimum atomic E-state index is -0.978. The summed E-state index contributed by atoms with van der Waals surface area (Å²) in [6.07, 6.45) is 0. The predicted octanol–water partition coefficient (Wildman–Crippen LogP) is -0.519. The van der Waals surface area contributed by atoms with Gasteiger partial charge in [-0.3, -0.25) is 9.59 Å². The van der Waals surface area contributed by atoms with E-state index in [0.29, 0.717) is 6.54 Å². The minimum absolute atomic E-state index is 0.157. The highest BCUT2D eigenvalue weighted by molar-refractivity contribution is 5.82. The standard InChI is InChI=1S/C8H16N2O3/c1-4-10(6-8(12)13)7(11)5-9(2)3/h4-6H2,1-3H3,(H,12,13). The number of hydrogen-bond acceptors (Lipinski definition) is 3. The fourth-order valence-electron chi connectivity index (χ4n) is 0.910. The molecule has 0 rings (SSSR count). The van der Waals surface area contributed by atoms with E-state index in [0.717, 1.165) is 0 Å². The van der Waals surface area contributed by atoms with E-state index in [1.54, 1.807) is 25.9 Å². The largest absolute Gasteiger partial charge is 0.480 e. The lowest BCUT2D eigenvalue weighted by molar-refractivity contribution is -0.144. The summed E-state index contributed by atoms with van der Waals surface area (Å²) in [5.41, 5.74) is 0. The van der Waals surface area contributed by atoms with Crippen molar-refractivity contribution in [2.75, 3.05) is 33.7 Å². The smallest absolute Gasteiger partial charge is 0.323 e. The van der Waals surface area contributed by atoms with Crippen molar-refractivity contribution in [2.45, 2.75) is 6.92 Å². The second kappa shape index (κ2) is 5.53. The zero-order chi connectivity index (χ0) is 10.4. The molecule has 0 radical (unpaired) electrons. The van der Waals surface area contributed by atoms with Gasteiger partial charge in [0, 0.05) is 6.54 Å². The minimum Gasteiger partial charge on any atom is -0.480 e. The summed E-state index contributed by atoms with van der Waals surface area (Å²) in [6, 6.07) is 0. The molecule has 0 fully saturated rings. The Labute approximate surface area is 77.9 Å². The van der Waals surface area contributed by atoms with Crippen molar-refractivity contribution in [3.05, 3.63) is 0 Å². The Kier molecular flexibility index (Phi) is 5.06. The molecule has 0 saturated heterocycles. The summed E-state index contributed by atoms with van der Waals surface area (Å²) in [5, 5.41) is 8.49. The van der Waals surface area contributed by atoms with Crippen molar-refractivity contribution in [3.63, 3.8) is 0 Å². The Morgan fingerprint density at radius 3 is 2.08 bits per heavy atom. The van der Waals surface area contributed by atoms with Crippen molar-refractivity contribution in [1.82, 2.24) is 9.80 Å². The first-order valence-corrected chi connectivity index (χ1v) is 4.11. The van der Waals surface area contributed by atoms with Gasteiger partial charge in [0.15, 0.2) is 0 Å². The lowest BCUT2D eigenvalue weighted by atomic mass is 10.4. The molecule has 0 heterocycles. The van der Waals surface area contributed by atoms with Gasteiger partial charge in [0.05, 0.1) is 6.54 Å². The van der Waals surface area contributed by atoms with Gasteiger partial charge in [-0.15, -0.1) is 0 Å². The molecule has 0 bridgehead atoms. The van der Waals surface area contributed by atoms with Crippen LogP contribution in [0.15, 0.2) is 0 Å². The molecule has 0 unspecified atom stereocenters. The number of amides is 1. The van der Waals surface area contributed by atoms with Crippen LogP contribution in [0.2, 0.25) is 0 Å². The Morgan fingerprint density at radius 1 is 1.23 bits per heavy atom. The molecule has 1 N–H and O–H groups in total. The zero-order valence-electron chi connectivity index (χ0n) is 8.28. The van der Waals surface area contributed by atoms with Crippen LogP contribution in [-0.4, -0.2) is 60.5 Å². The van der Waals surface area contributed by atoms with E-state index in [1.165, 1.54) is 4.90 Å². The van der Waals surface area contributed by atoms with Crippen molar-refractivity contribution < 1.29 is 14.7 Å². The van der Waals surface area contributed by atoms with Crippen molar-refractivity contribution in [2.24, 2.45) is 0 Å². The highest BCUT2D eigenvalue weighted by Crippen LogP contribution is 1.90. The van der Waals surface area contributed by atoms with Crippen LogP contribution >= 0.6 is 0 Å². The number of likely N-dealkylation sites (N-methyl/N-ethyl adjacent to an activating group) is 2. The van der Waals surface area contributed by atoms with Crippen LogP contribution in [0.1, 0.15) is 6.92 Å². The molecule has 0 spiro atoms. The SMILES string of the molecule is CCN(CC(=O)O)C(=O)CN(C)C. The van der Waals surface area contributed by atoms with Gasteiger partial charge in [0.25, 0.3) is 0 Å². The van der Waals surface area contributed by atoms with Gasteiger partial charge in [-0.25, -0.2) is 0 Å². The number of carbonyl (C=O) groups is 2. The average Bonchev–Trinajstić information content (AvgIpc) is 1.98. The monoisotopic (exact) mass is 188 g/mol. The lowest BCUT2D eigenvalue weighted by Gasteiger charge is -2.20. The maximum atomic E-state index is 11.3. The summed E-state index contributed by atoms with van der Waals surface area (Å²) in [5.74, 6) is -1.14. The van der Waals surface area contributed by atoms with Crippen LogP contribution in [0.5, 0.6) is 0 Å². The summed E-state index contributed by atoms with van der Waals surface area (Å²) < 4.78 is 0. The second-order valence-electron chi connectivity index (χ2n) is 3.04. The number of hydrogen-bond donors (Lipinski definition) is 1. The highest BCUT2D eigenvalue weighted by Gasteiger charge is 2.14. The third-order valence-corrected chi connectivity index (χ3v) is 1.51. The van der Waals surface area contributed by atoms with Crippen LogP contribution in [0.3, 0.4) is 0 Å². The molecule has 0 aliphatic carbocycles.